The van der Waals surface area contributed by atoms with Crippen molar-refractivity contribution in [2.45, 2.75) is 83.5 Å². The number of aromatic nitrogens is 1. The standard InChI is InChI=1S/C22H32N2O3/c1-22(2,3)27-21(26)23-12-16-8-9-17(14-6-7-14)19(24-16)20(25)18-11-13-4-5-15(18)10-13/h8-9,13-15,18,20,25H,4-7,10-12H2,1-3H3,(H,23,26). The van der Waals surface area contributed by atoms with Crippen LogP contribution >= 0.6 is 0 Å². The van der Waals surface area contributed by atoms with Crippen molar-refractivity contribution in [1.29, 1.82) is 0 Å². The number of ether oxygens (including phenoxy) is 1. The zero-order chi connectivity index (χ0) is 19.2. The number of carbonyl (C=O) groups excluding carboxylic acids is 1. The highest BCUT2D eigenvalue weighted by Gasteiger charge is 2.44. The van der Waals surface area contributed by atoms with Gasteiger partial charge in [-0.15, -0.1) is 0 Å². The van der Waals surface area contributed by atoms with Crippen LogP contribution in [0.1, 0.15) is 88.3 Å². The summed E-state index contributed by atoms with van der Waals surface area (Å²) in [6.07, 6.45) is 6.46. The summed E-state index contributed by atoms with van der Waals surface area (Å²) in [5, 5.41) is 14.0. The predicted molar refractivity (Wildman–Crippen MR) is 103 cm³/mol. The van der Waals surface area contributed by atoms with Crippen LogP contribution in [0.4, 0.5) is 4.79 Å². The van der Waals surface area contributed by atoms with Crippen molar-refractivity contribution in [3.8, 4) is 0 Å². The first-order valence-corrected chi connectivity index (χ1v) is 10.4. The maximum Gasteiger partial charge on any atom is 0.407 e. The lowest BCUT2D eigenvalue weighted by atomic mass is 9.82. The Morgan fingerprint density at radius 2 is 2.04 bits per heavy atom. The molecule has 5 heteroatoms. The minimum atomic E-state index is -0.517. The number of aliphatic hydroxyl groups is 1. The molecule has 2 bridgehead atoms. The van der Waals surface area contributed by atoms with Crippen LogP contribution in [0.5, 0.6) is 0 Å². The second-order valence-corrected chi connectivity index (χ2v) is 9.69. The molecule has 2 N–H and O–H groups in total. The molecule has 148 valence electrons. The van der Waals surface area contributed by atoms with Crippen molar-refractivity contribution in [2.24, 2.45) is 17.8 Å². The molecule has 0 aliphatic heterocycles. The van der Waals surface area contributed by atoms with Gasteiger partial charge in [0, 0.05) is 0 Å². The second-order valence-electron chi connectivity index (χ2n) is 9.69. The molecule has 1 heterocycles. The minimum absolute atomic E-state index is 0.316. The number of hydrogen-bond donors (Lipinski definition) is 2. The van der Waals surface area contributed by atoms with E-state index in [0.29, 0.717) is 24.3 Å². The molecule has 0 saturated heterocycles. The summed E-state index contributed by atoms with van der Waals surface area (Å²) in [6, 6.07) is 4.09. The van der Waals surface area contributed by atoms with E-state index in [9.17, 15) is 9.90 Å². The molecule has 4 rings (SSSR count). The van der Waals surface area contributed by atoms with Crippen LogP contribution in [0.25, 0.3) is 0 Å². The first-order valence-electron chi connectivity index (χ1n) is 10.4. The van der Waals surface area contributed by atoms with Gasteiger partial charge >= 0.3 is 6.09 Å². The first kappa shape index (κ1) is 18.7. The van der Waals surface area contributed by atoms with Gasteiger partial charge in [0.25, 0.3) is 0 Å². The van der Waals surface area contributed by atoms with Crippen molar-refractivity contribution in [3.05, 3.63) is 29.1 Å². The van der Waals surface area contributed by atoms with Crippen LogP contribution in [-0.4, -0.2) is 21.8 Å². The summed E-state index contributed by atoms with van der Waals surface area (Å²) in [5.41, 5.74) is 2.34. The van der Waals surface area contributed by atoms with E-state index in [1.54, 1.807) is 0 Å². The maximum atomic E-state index is 11.9. The second kappa shape index (κ2) is 7.08. The van der Waals surface area contributed by atoms with E-state index in [4.69, 9.17) is 9.72 Å². The van der Waals surface area contributed by atoms with Crippen LogP contribution in [0.2, 0.25) is 0 Å². The van der Waals surface area contributed by atoms with Gasteiger partial charge in [0.1, 0.15) is 5.60 Å². The van der Waals surface area contributed by atoms with E-state index in [-0.39, 0.29) is 0 Å². The lowest BCUT2D eigenvalue weighted by Gasteiger charge is -2.28. The van der Waals surface area contributed by atoms with Crippen molar-refractivity contribution in [1.82, 2.24) is 10.3 Å². The Balaban J connectivity index is 1.48. The molecular formula is C22H32N2O3. The molecule has 1 amide bonds. The Morgan fingerprint density at radius 3 is 2.63 bits per heavy atom. The number of amides is 1. The first-order chi connectivity index (χ1) is 12.8. The highest BCUT2D eigenvalue weighted by molar-refractivity contribution is 5.67. The molecule has 4 atom stereocenters. The highest BCUT2D eigenvalue weighted by Crippen LogP contribution is 2.53. The van der Waals surface area contributed by atoms with Gasteiger partial charge in [0.15, 0.2) is 0 Å². The molecule has 1 aromatic rings. The van der Waals surface area contributed by atoms with E-state index in [1.165, 1.54) is 37.7 Å². The number of nitrogens with zero attached hydrogens (tertiary/aromatic N) is 1. The average molecular weight is 373 g/mol. The normalized spacial score (nSPS) is 28.2. The number of aliphatic hydroxyl groups excluding tert-OH is 1. The van der Waals surface area contributed by atoms with Gasteiger partial charge in [-0.1, -0.05) is 12.5 Å². The fraction of sp³-hybridized carbons (Fsp3) is 0.727. The zero-order valence-electron chi connectivity index (χ0n) is 16.7. The lowest BCUT2D eigenvalue weighted by Crippen LogP contribution is -2.32. The van der Waals surface area contributed by atoms with E-state index >= 15 is 0 Å². The summed E-state index contributed by atoms with van der Waals surface area (Å²) in [6.45, 7) is 5.85. The van der Waals surface area contributed by atoms with Gasteiger partial charge in [0.05, 0.1) is 24.0 Å². The topological polar surface area (TPSA) is 71.5 Å². The van der Waals surface area contributed by atoms with Crippen LogP contribution in [0.3, 0.4) is 0 Å². The number of fused-ring (bicyclic) bond motifs is 2. The van der Waals surface area contributed by atoms with Gasteiger partial charge in [0.2, 0.25) is 0 Å². The number of carbonyl (C=O) groups is 1. The molecule has 5 nitrogen and oxygen atoms in total. The Hall–Kier alpha value is -1.62. The van der Waals surface area contributed by atoms with E-state index in [0.717, 1.165) is 23.7 Å². The third-order valence-electron chi connectivity index (χ3n) is 6.32. The Labute approximate surface area is 161 Å². The molecule has 27 heavy (non-hydrogen) atoms. The molecular weight excluding hydrogens is 340 g/mol. The number of rotatable bonds is 5. The van der Waals surface area contributed by atoms with Crippen LogP contribution in [0, 0.1) is 17.8 Å². The molecule has 0 aromatic carbocycles. The van der Waals surface area contributed by atoms with Crippen molar-refractivity contribution in [2.75, 3.05) is 0 Å². The molecule has 4 unspecified atom stereocenters. The summed E-state index contributed by atoms with van der Waals surface area (Å²) in [7, 11) is 0. The number of pyridine rings is 1. The lowest BCUT2D eigenvalue weighted by molar-refractivity contribution is 0.0522. The van der Waals surface area contributed by atoms with Gasteiger partial charge in [-0.2, -0.15) is 0 Å². The number of hydrogen-bond acceptors (Lipinski definition) is 4. The fourth-order valence-electron chi connectivity index (χ4n) is 4.96. The smallest absolute Gasteiger partial charge is 0.407 e. The van der Waals surface area contributed by atoms with E-state index in [1.807, 2.05) is 26.8 Å². The largest absolute Gasteiger partial charge is 0.444 e. The molecule has 3 aliphatic rings. The SMILES string of the molecule is CC(C)(C)OC(=O)NCc1ccc(C2CC2)c(C(O)C2CC3CCC2C3)n1. The molecule has 0 spiro atoms. The molecule has 3 fully saturated rings. The van der Waals surface area contributed by atoms with E-state index in [2.05, 4.69) is 11.4 Å². The Morgan fingerprint density at radius 1 is 1.26 bits per heavy atom. The van der Waals surface area contributed by atoms with Gasteiger partial charge < -0.3 is 15.2 Å². The predicted octanol–water partition coefficient (Wildman–Crippen LogP) is 4.45. The number of nitrogens with one attached hydrogen (secondary N) is 1. The molecule has 0 radical (unpaired) electrons. The Kier molecular flexibility index (Phi) is 4.91. The Bertz CT molecular complexity index is 708. The maximum absolute atomic E-state index is 11.9. The van der Waals surface area contributed by atoms with Crippen LogP contribution in [0.15, 0.2) is 12.1 Å². The fourth-order valence-corrected chi connectivity index (χ4v) is 4.96. The summed E-state index contributed by atoms with van der Waals surface area (Å²) in [4.78, 5) is 16.7. The average Bonchev–Trinajstić information content (AvgIpc) is 3.23. The summed E-state index contributed by atoms with van der Waals surface area (Å²) in [5.74, 6) is 2.36. The van der Waals surface area contributed by atoms with Gasteiger partial charge in [-0.25, -0.2) is 4.79 Å². The number of alkyl carbamates (subject to hydrolysis) is 1. The van der Waals surface area contributed by atoms with Gasteiger partial charge in [-0.3, -0.25) is 4.98 Å². The van der Waals surface area contributed by atoms with E-state index < -0.39 is 17.8 Å². The molecule has 3 saturated carbocycles. The van der Waals surface area contributed by atoms with Crippen molar-refractivity contribution in [3.63, 3.8) is 0 Å². The third kappa shape index (κ3) is 4.29. The quantitative estimate of drug-likeness (QED) is 0.801. The highest BCUT2D eigenvalue weighted by atomic mass is 16.6. The summed E-state index contributed by atoms with van der Waals surface area (Å²) >= 11 is 0. The summed E-state index contributed by atoms with van der Waals surface area (Å²) < 4.78 is 5.30. The molecule has 1 aromatic heterocycles. The third-order valence-corrected chi connectivity index (χ3v) is 6.32. The minimum Gasteiger partial charge on any atom is -0.444 e. The molecule has 3 aliphatic carbocycles. The van der Waals surface area contributed by atoms with Gasteiger partial charge in [-0.05, 0) is 88.2 Å². The van der Waals surface area contributed by atoms with Crippen LogP contribution in [-0.2, 0) is 11.3 Å². The van der Waals surface area contributed by atoms with Crippen LogP contribution < -0.4 is 5.32 Å². The van der Waals surface area contributed by atoms with Crippen molar-refractivity contribution >= 4 is 6.09 Å². The monoisotopic (exact) mass is 372 g/mol. The zero-order valence-corrected chi connectivity index (χ0v) is 16.7. The van der Waals surface area contributed by atoms with Crippen molar-refractivity contribution < 1.29 is 14.6 Å².